The van der Waals surface area contributed by atoms with E-state index in [1.54, 1.807) is 0 Å². The minimum absolute atomic E-state index is 1.09. The second kappa shape index (κ2) is 18.1. The number of aromatic nitrogens is 2. The van der Waals surface area contributed by atoms with Crippen LogP contribution in [0.25, 0.3) is 88.7 Å². The molecule has 4 nitrogen and oxygen atoms in total. The topological polar surface area (TPSA) is 16.3 Å². The van der Waals surface area contributed by atoms with Gasteiger partial charge in [-0.15, -0.1) is 0 Å². The van der Waals surface area contributed by atoms with Gasteiger partial charge in [0.1, 0.15) is 0 Å². The van der Waals surface area contributed by atoms with Crippen molar-refractivity contribution >= 4 is 111 Å². The molecule has 14 aromatic rings. The lowest BCUT2D eigenvalue weighted by Crippen LogP contribution is -2.09. The first-order valence-corrected chi connectivity index (χ1v) is 25.3. The molecule has 0 saturated heterocycles. The van der Waals surface area contributed by atoms with Gasteiger partial charge in [-0.3, -0.25) is 0 Å². The number of hydrogen-bond donors (Lipinski definition) is 0. The summed E-state index contributed by atoms with van der Waals surface area (Å²) in [6, 6.07) is 101. The van der Waals surface area contributed by atoms with Crippen LogP contribution < -0.4 is 9.80 Å². The van der Waals surface area contributed by atoms with Gasteiger partial charge in [-0.25, -0.2) is 0 Å². The fourth-order valence-corrected chi connectivity index (χ4v) is 11.2. The average molecular weight is 945 g/mol. The normalized spacial score (nSPS) is 11.7. The van der Waals surface area contributed by atoms with Gasteiger partial charge in [-0.2, -0.15) is 0 Å². The lowest BCUT2D eigenvalue weighted by molar-refractivity contribution is 1.20. The Balaban J connectivity index is 0.778. The first-order valence-electron chi connectivity index (χ1n) is 25.3. The molecule has 0 bridgehead atoms. The van der Waals surface area contributed by atoms with Gasteiger partial charge in [-0.05, 0) is 131 Å². The van der Waals surface area contributed by atoms with Crippen LogP contribution in [0.5, 0.6) is 0 Å². The third-order valence-electron chi connectivity index (χ3n) is 14.6. The molecule has 12 aromatic carbocycles. The van der Waals surface area contributed by atoms with Crippen LogP contribution in [0.15, 0.2) is 279 Å². The highest BCUT2D eigenvalue weighted by Gasteiger charge is 2.20. The zero-order chi connectivity index (χ0) is 49.0. The number of hydrogen-bond acceptors (Lipinski definition) is 2. The molecule has 0 amide bonds. The van der Waals surface area contributed by atoms with E-state index in [9.17, 15) is 0 Å². The van der Waals surface area contributed by atoms with E-state index in [2.05, 4.69) is 310 Å². The third kappa shape index (κ3) is 7.39. The number of nitrogens with zero attached hydrogens (tertiary/aromatic N) is 4. The molecule has 0 spiro atoms. The molecule has 2 aromatic heterocycles. The van der Waals surface area contributed by atoms with Crippen LogP contribution in [0, 0.1) is 0 Å². The van der Waals surface area contributed by atoms with E-state index in [1.807, 2.05) is 0 Å². The molecule has 74 heavy (non-hydrogen) atoms. The summed E-state index contributed by atoms with van der Waals surface area (Å²) in [5.74, 6) is 0. The molecule has 0 unspecified atom stereocenters. The maximum Gasteiger partial charge on any atom is 0.0542 e. The van der Waals surface area contributed by atoms with Crippen molar-refractivity contribution in [2.75, 3.05) is 9.80 Å². The molecule has 4 heteroatoms. The summed E-state index contributed by atoms with van der Waals surface area (Å²) in [5, 5.41) is 9.81. The second-order valence-corrected chi connectivity index (χ2v) is 19.0. The zero-order valence-corrected chi connectivity index (χ0v) is 40.5. The summed E-state index contributed by atoms with van der Waals surface area (Å²) in [6.07, 6.45) is 4.41. The van der Waals surface area contributed by atoms with Gasteiger partial charge < -0.3 is 18.9 Å². The van der Waals surface area contributed by atoms with Crippen molar-refractivity contribution < 1.29 is 0 Å². The van der Waals surface area contributed by atoms with Gasteiger partial charge in [-0.1, -0.05) is 182 Å². The summed E-state index contributed by atoms with van der Waals surface area (Å²) < 4.78 is 4.84. The highest BCUT2D eigenvalue weighted by molar-refractivity contribution is 6.13. The van der Waals surface area contributed by atoms with Crippen molar-refractivity contribution in [2.24, 2.45) is 0 Å². The lowest BCUT2D eigenvalue weighted by atomic mass is 10.1. The number of rotatable bonds is 10. The quantitative estimate of drug-likeness (QED) is 0.127. The van der Waals surface area contributed by atoms with Crippen molar-refractivity contribution in [3.8, 4) is 11.4 Å². The first kappa shape index (κ1) is 42.9. The minimum atomic E-state index is 1.09. The molecule has 2 heterocycles. The minimum Gasteiger partial charge on any atom is -0.310 e. The van der Waals surface area contributed by atoms with E-state index < -0.39 is 0 Å². The zero-order valence-electron chi connectivity index (χ0n) is 40.5. The molecule has 0 aliphatic carbocycles. The number of anilines is 6. The predicted molar refractivity (Wildman–Crippen MR) is 315 cm³/mol. The van der Waals surface area contributed by atoms with Gasteiger partial charge >= 0.3 is 0 Å². The molecule has 0 atom stereocenters. The number of para-hydroxylation sites is 4. The van der Waals surface area contributed by atoms with Gasteiger partial charge in [0.25, 0.3) is 0 Å². The number of fused-ring (bicyclic) bond motifs is 8. The molecule has 0 N–H and O–H groups in total. The van der Waals surface area contributed by atoms with Crippen molar-refractivity contribution in [3.05, 3.63) is 290 Å². The van der Waals surface area contributed by atoms with E-state index in [0.717, 1.165) is 45.3 Å². The first-order chi connectivity index (χ1) is 36.7. The van der Waals surface area contributed by atoms with Crippen LogP contribution in [0.4, 0.5) is 34.1 Å². The Labute approximate surface area is 429 Å². The fraction of sp³-hybridized carbons (Fsp3) is 0. The SMILES string of the molecule is C(=Cc1ccc(N(c2ccccc2)c2ccc3c(c2)c2ccccc2n3-c2cccc3ccccc23)cc1)c1ccc(N(c2ccccc2)c2ccc3c(c2)c2ccccc2n3-c2cccc3ccccc23)cc1. The summed E-state index contributed by atoms with van der Waals surface area (Å²) >= 11 is 0. The predicted octanol–water partition coefficient (Wildman–Crippen LogP) is 19.3. The van der Waals surface area contributed by atoms with Crippen LogP contribution in [-0.2, 0) is 0 Å². The van der Waals surface area contributed by atoms with Gasteiger partial charge in [0, 0.05) is 66.4 Å². The molecule has 0 aliphatic rings. The summed E-state index contributed by atoms with van der Waals surface area (Å²) in [6.45, 7) is 0. The highest BCUT2D eigenvalue weighted by Crippen LogP contribution is 2.43. The Morgan fingerprint density at radius 3 is 0.986 bits per heavy atom. The summed E-state index contributed by atoms with van der Waals surface area (Å²) in [5.41, 5.74) is 16.0. The smallest absolute Gasteiger partial charge is 0.0542 e. The van der Waals surface area contributed by atoms with E-state index in [4.69, 9.17) is 0 Å². The molecular formula is C70H48N4. The number of benzene rings is 12. The maximum atomic E-state index is 2.42. The van der Waals surface area contributed by atoms with Crippen LogP contribution >= 0.6 is 0 Å². The van der Waals surface area contributed by atoms with Crippen molar-refractivity contribution in [3.63, 3.8) is 0 Å². The molecule has 0 fully saturated rings. The van der Waals surface area contributed by atoms with E-state index >= 15 is 0 Å². The average Bonchev–Trinajstić information content (AvgIpc) is 3.98. The third-order valence-corrected chi connectivity index (χ3v) is 14.6. The molecule has 348 valence electrons. The van der Waals surface area contributed by atoms with E-state index in [-0.39, 0.29) is 0 Å². The molecule has 14 rings (SSSR count). The summed E-state index contributed by atoms with van der Waals surface area (Å²) in [7, 11) is 0. The fourth-order valence-electron chi connectivity index (χ4n) is 11.2. The highest BCUT2D eigenvalue weighted by atomic mass is 15.1. The van der Waals surface area contributed by atoms with Crippen molar-refractivity contribution in [1.29, 1.82) is 0 Å². The Hall–Kier alpha value is -9.90. The Kier molecular flexibility index (Phi) is 10.5. The van der Waals surface area contributed by atoms with Crippen LogP contribution in [0.1, 0.15) is 11.1 Å². The Morgan fingerprint density at radius 2 is 0.554 bits per heavy atom. The van der Waals surface area contributed by atoms with Gasteiger partial charge in [0.2, 0.25) is 0 Å². The monoisotopic (exact) mass is 944 g/mol. The maximum absolute atomic E-state index is 2.42. The van der Waals surface area contributed by atoms with Crippen LogP contribution in [-0.4, -0.2) is 9.13 Å². The molecule has 0 saturated carbocycles. The summed E-state index contributed by atoms with van der Waals surface area (Å²) in [4.78, 5) is 4.71. The van der Waals surface area contributed by atoms with E-state index in [0.29, 0.717) is 0 Å². The molecule has 0 aliphatic heterocycles. The van der Waals surface area contributed by atoms with Crippen molar-refractivity contribution in [2.45, 2.75) is 0 Å². The van der Waals surface area contributed by atoms with Gasteiger partial charge in [0.05, 0.1) is 33.4 Å². The van der Waals surface area contributed by atoms with E-state index in [1.165, 1.54) is 76.5 Å². The Morgan fingerprint density at radius 1 is 0.230 bits per heavy atom. The Bertz CT molecular complexity index is 4120. The molecular weight excluding hydrogens is 897 g/mol. The second-order valence-electron chi connectivity index (χ2n) is 19.0. The lowest BCUT2D eigenvalue weighted by Gasteiger charge is -2.26. The van der Waals surface area contributed by atoms with Gasteiger partial charge in [0.15, 0.2) is 0 Å². The van der Waals surface area contributed by atoms with Crippen molar-refractivity contribution in [1.82, 2.24) is 9.13 Å². The standard InChI is InChI=1S/C70H48N4/c1-3-21-53(22-4-1)71(57-43-45-69-63(47-57)61-27-11-13-29-67(61)73(69)65-31-15-19-51-17-7-9-25-59(51)65)55-39-35-49(36-40-55)33-34-50-37-41-56(42-38-50)72(54-23-5-2-6-24-54)58-44-46-70-64(48-58)62-28-12-14-30-68(62)74(70)66-32-16-20-52-18-8-10-26-60(52)66/h1-48H. The largest absolute Gasteiger partial charge is 0.310 e. The molecule has 0 radical (unpaired) electrons. The van der Waals surface area contributed by atoms with Crippen LogP contribution in [0.3, 0.4) is 0 Å². The van der Waals surface area contributed by atoms with Crippen LogP contribution in [0.2, 0.25) is 0 Å².